The van der Waals surface area contributed by atoms with Crippen LogP contribution in [-0.2, 0) is 21.5 Å². The highest BCUT2D eigenvalue weighted by molar-refractivity contribution is 9.10. The van der Waals surface area contributed by atoms with E-state index in [1.807, 2.05) is 29.6 Å². The number of hydrogen-bond acceptors (Lipinski definition) is 5. The quantitative estimate of drug-likeness (QED) is 0.803. The predicted molar refractivity (Wildman–Crippen MR) is 102 cm³/mol. The normalized spacial score (nSPS) is 19.6. The molecule has 0 radical (unpaired) electrons. The first-order chi connectivity index (χ1) is 12.2. The van der Waals surface area contributed by atoms with E-state index in [9.17, 15) is 4.79 Å². The lowest BCUT2D eigenvalue weighted by atomic mass is 9.95. The summed E-state index contributed by atoms with van der Waals surface area (Å²) in [7, 11) is 0. The molecule has 7 heteroatoms. The van der Waals surface area contributed by atoms with Crippen LogP contribution in [-0.4, -0.2) is 42.1 Å². The van der Waals surface area contributed by atoms with Gasteiger partial charge in [0.15, 0.2) is 5.13 Å². The maximum Gasteiger partial charge on any atom is 0.236 e. The molecule has 1 aromatic heterocycles. The van der Waals surface area contributed by atoms with Crippen molar-refractivity contribution in [2.24, 2.45) is 0 Å². The third kappa shape index (κ3) is 3.79. The van der Waals surface area contributed by atoms with Crippen molar-refractivity contribution in [1.82, 2.24) is 9.88 Å². The first kappa shape index (κ1) is 17.1. The molecule has 132 valence electrons. The fourth-order valence-corrected chi connectivity index (χ4v) is 4.30. The standard InChI is InChI=1S/C18H20BrN3O2S/c19-14-3-1-2-13(10-14)18(4-5-18)16(23)21-17-20-15(12-25-17)11-22-6-8-24-9-7-22/h1-3,10,12H,4-9,11H2,(H,20,21,23). The van der Waals surface area contributed by atoms with Crippen LogP contribution < -0.4 is 5.32 Å². The highest BCUT2D eigenvalue weighted by Gasteiger charge is 2.51. The molecule has 2 heterocycles. The van der Waals surface area contributed by atoms with Crippen LogP contribution in [0, 0.1) is 0 Å². The van der Waals surface area contributed by atoms with E-state index in [0.29, 0.717) is 5.13 Å². The Morgan fingerprint density at radius 2 is 2.16 bits per heavy atom. The molecule has 1 amide bonds. The predicted octanol–water partition coefficient (Wildman–Crippen LogP) is 3.41. The summed E-state index contributed by atoms with van der Waals surface area (Å²) in [5.74, 6) is 0.0536. The van der Waals surface area contributed by atoms with Gasteiger partial charge in [0, 0.05) is 29.5 Å². The van der Waals surface area contributed by atoms with E-state index in [-0.39, 0.29) is 11.3 Å². The first-order valence-corrected chi connectivity index (χ1v) is 10.1. The van der Waals surface area contributed by atoms with E-state index in [1.54, 1.807) is 0 Å². The summed E-state index contributed by atoms with van der Waals surface area (Å²) in [6.45, 7) is 4.24. The largest absolute Gasteiger partial charge is 0.379 e. The van der Waals surface area contributed by atoms with Crippen LogP contribution in [0.5, 0.6) is 0 Å². The number of carbonyl (C=O) groups excluding carboxylic acids is 1. The number of nitrogens with one attached hydrogen (secondary N) is 1. The van der Waals surface area contributed by atoms with Crippen molar-refractivity contribution in [3.63, 3.8) is 0 Å². The van der Waals surface area contributed by atoms with Gasteiger partial charge in [-0.2, -0.15) is 0 Å². The van der Waals surface area contributed by atoms with Gasteiger partial charge >= 0.3 is 0 Å². The van der Waals surface area contributed by atoms with E-state index in [4.69, 9.17) is 4.74 Å². The molecule has 1 aliphatic carbocycles. The molecular weight excluding hydrogens is 402 g/mol. The molecule has 2 fully saturated rings. The number of morpholine rings is 1. The van der Waals surface area contributed by atoms with E-state index in [1.165, 1.54) is 11.3 Å². The highest BCUT2D eigenvalue weighted by Crippen LogP contribution is 2.49. The van der Waals surface area contributed by atoms with Crippen LogP contribution in [0.1, 0.15) is 24.1 Å². The smallest absolute Gasteiger partial charge is 0.236 e. The van der Waals surface area contributed by atoms with Crippen molar-refractivity contribution < 1.29 is 9.53 Å². The van der Waals surface area contributed by atoms with E-state index < -0.39 is 0 Å². The fourth-order valence-electron chi connectivity index (χ4n) is 3.20. The monoisotopic (exact) mass is 421 g/mol. The number of halogens is 1. The number of thiazole rings is 1. The molecule has 25 heavy (non-hydrogen) atoms. The number of rotatable bonds is 5. The molecule has 4 rings (SSSR count). The Bertz CT molecular complexity index is 769. The van der Waals surface area contributed by atoms with Gasteiger partial charge in [-0.1, -0.05) is 28.1 Å². The Labute approximate surface area is 159 Å². The first-order valence-electron chi connectivity index (χ1n) is 8.48. The average molecular weight is 422 g/mol. The third-order valence-corrected chi connectivity index (χ3v) is 6.12. The van der Waals surface area contributed by atoms with Crippen LogP contribution in [0.4, 0.5) is 5.13 Å². The van der Waals surface area contributed by atoms with Crippen molar-refractivity contribution >= 4 is 38.3 Å². The molecule has 2 aromatic rings. The van der Waals surface area contributed by atoms with Gasteiger partial charge in [-0.3, -0.25) is 9.69 Å². The van der Waals surface area contributed by atoms with Gasteiger partial charge in [-0.25, -0.2) is 4.98 Å². The van der Waals surface area contributed by atoms with Crippen LogP contribution in [0.25, 0.3) is 0 Å². The van der Waals surface area contributed by atoms with Crippen molar-refractivity contribution in [2.45, 2.75) is 24.8 Å². The summed E-state index contributed by atoms with van der Waals surface area (Å²) in [6.07, 6.45) is 1.78. The zero-order chi connectivity index (χ0) is 17.3. The Kier molecular flexibility index (Phi) is 4.90. The minimum absolute atomic E-state index is 0.0536. The van der Waals surface area contributed by atoms with Crippen molar-refractivity contribution in [2.75, 3.05) is 31.6 Å². The summed E-state index contributed by atoms with van der Waals surface area (Å²) in [5, 5.41) is 5.75. The molecule has 0 bridgehead atoms. The van der Waals surface area contributed by atoms with Gasteiger partial charge in [0.25, 0.3) is 0 Å². The second-order valence-corrected chi connectivity index (χ2v) is 8.35. The molecular formula is C18H20BrN3O2S. The van der Waals surface area contributed by atoms with Gasteiger partial charge in [0.2, 0.25) is 5.91 Å². The lowest BCUT2D eigenvalue weighted by Gasteiger charge is -2.25. The minimum Gasteiger partial charge on any atom is -0.379 e. The van der Waals surface area contributed by atoms with E-state index in [2.05, 4.69) is 31.1 Å². The molecule has 1 N–H and O–H groups in total. The van der Waals surface area contributed by atoms with E-state index in [0.717, 1.165) is 61.4 Å². The molecule has 0 atom stereocenters. The number of nitrogens with zero attached hydrogens (tertiary/aromatic N) is 2. The number of amides is 1. The second-order valence-electron chi connectivity index (χ2n) is 6.58. The Hall–Kier alpha value is -1.28. The van der Waals surface area contributed by atoms with Crippen LogP contribution in [0.3, 0.4) is 0 Å². The van der Waals surface area contributed by atoms with Gasteiger partial charge in [0.1, 0.15) is 0 Å². The Balaban J connectivity index is 1.41. The molecule has 0 spiro atoms. The van der Waals surface area contributed by atoms with Crippen LogP contribution in [0.2, 0.25) is 0 Å². The SMILES string of the molecule is O=C(Nc1nc(CN2CCOCC2)cs1)C1(c2cccc(Br)c2)CC1. The number of aromatic nitrogens is 1. The van der Waals surface area contributed by atoms with Gasteiger partial charge in [0.05, 0.1) is 24.3 Å². The molecule has 1 aliphatic heterocycles. The molecule has 5 nitrogen and oxygen atoms in total. The maximum absolute atomic E-state index is 12.8. The zero-order valence-corrected chi connectivity index (χ0v) is 16.2. The van der Waals surface area contributed by atoms with Gasteiger partial charge < -0.3 is 10.1 Å². The number of carbonyl (C=O) groups is 1. The lowest BCUT2D eigenvalue weighted by molar-refractivity contribution is -0.118. The van der Waals surface area contributed by atoms with Crippen molar-refractivity contribution in [1.29, 1.82) is 0 Å². The topological polar surface area (TPSA) is 54.5 Å². The minimum atomic E-state index is -0.389. The maximum atomic E-state index is 12.8. The van der Waals surface area contributed by atoms with E-state index >= 15 is 0 Å². The second kappa shape index (κ2) is 7.15. The summed E-state index contributed by atoms with van der Waals surface area (Å²) >= 11 is 4.99. The lowest BCUT2D eigenvalue weighted by Crippen LogP contribution is -2.35. The van der Waals surface area contributed by atoms with Gasteiger partial charge in [-0.05, 0) is 30.5 Å². The zero-order valence-electron chi connectivity index (χ0n) is 13.8. The Morgan fingerprint density at radius 3 is 2.88 bits per heavy atom. The summed E-state index contributed by atoms with van der Waals surface area (Å²) in [4.78, 5) is 19.7. The molecule has 1 saturated heterocycles. The molecule has 1 aromatic carbocycles. The van der Waals surface area contributed by atoms with Crippen molar-refractivity contribution in [3.05, 3.63) is 45.4 Å². The number of anilines is 1. The fraction of sp³-hybridized carbons (Fsp3) is 0.444. The number of ether oxygens (including phenoxy) is 1. The number of hydrogen-bond donors (Lipinski definition) is 1. The van der Waals surface area contributed by atoms with Crippen LogP contribution >= 0.6 is 27.3 Å². The molecule has 0 unspecified atom stereocenters. The molecule has 2 aliphatic rings. The Morgan fingerprint density at radius 1 is 1.36 bits per heavy atom. The average Bonchev–Trinajstić information content (AvgIpc) is 3.33. The van der Waals surface area contributed by atoms with Gasteiger partial charge in [-0.15, -0.1) is 11.3 Å². The third-order valence-electron chi connectivity index (χ3n) is 4.82. The highest BCUT2D eigenvalue weighted by atomic mass is 79.9. The summed E-state index contributed by atoms with van der Waals surface area (Å²) in [6, 6.07) is 8.04. The summed E-state index contributed by atoms with van der Waals surface area (Å²) < 4.78 is 6.38. The molecule has 1 saturated carbocycles. The van der Waals surface area contributed by atoms with Crippen molar-refractivity contribution in [3.8, 4) is 0 Å². The number of benzene rings is 1. The summed E-state index contributed by atoms with van der Waals surface area (Å²) in [5.41, 5.74) is 1.69. The van der Waals surface area contributed by atoms with Crippen LogP contribution in [0.15, 0.2) is 34.1 Å².